The third-order valence-electron chi connectivity index (χ3n) is 10.1. The van der Waals surface area contributed by atoms with E-state index in [1.165, 1.54) is 0 Å². The van der Waals surface area contributed by atoms with Crippen LogP contribution in [0.3, 0.4) is 0 Å². The summed E-state index contributed by atoms with van der Waals surface area (Å²) in [4.78, 5) is 6.00. The summed E-state index contributed by atoms with van der Waals surface area (Å²) < 4.78 is 20.2. The first-order valence-electron chi connectivity index (χ1n) is 17.7. The fourth-order valence-corrected chi connectivity index (χ4v) is 7.67. The summed E-state index contributed by atoms with van der Waals surface area (Å²) in [5.74, 6) is 4.51. The molecule has 0 saturated heterocycles. The second kappa shape index (κ2) is 12.4. The fourth-order valence-electron chi connectivity index (χ4n) is 7.67. The average molecular weight is 679 g/mol. The highest BCUT2D eigenvalue weighted by Crippen LogP contribution is 2.50. The zero-order chi connectivity index (χ0) is 34.6. The van der Waals surface area contributed by atoms with Crippen molar-refractivity contribution in [2.45, 2.75) is 12.8 Å². The van der Waals surface area contributed by atoms with Crippen LogP contribution in [0.2, 0.25) is 0 Å². The number of fused-ring (bicyclic) bond motifs is 10. The molecule has 6 heteroatoms. The molecule has 10 rings (SSSR count). The van der Waals surface area contributed by atoms with E-state index in [2.05, 4.69) is 90.2 Å². The number of hydrogen-bond donors (Lipinski definition) is 2. The van der Waals surface area contributed by atoms with Crippen LogP contribution in [0.5, 0.6) is 28.7 Å². The number of hydrogen-bond acceptors (Lipinski definition) is 6. The van der Waals surface area contributed by atoms with Gasteiger partial charge in [0.2, 0.25) is 5.88 Å². The lowest BCUT2D eigenvalue weighted by Gasteiger charge is -2.23. The third kappa shape index (κ3) is 5.07. The van der Waals surface area contributed by atoms with Gasteiger partial charge in [-0.3, -0.25) is 0 Å². The van der Waals surface area contributed by atoms with Gasteiger partial charge in [-0.1, -0.05) is 91.5 Å². The summed E-state index contributed by atoms with van der Waals surface area (Å²) in [5, 5.41) is 4.44. The Morgan fingerprint density at radius 2 is 1.19 bits per heavy atom. The second-order valence-electron chi connectivity index (χ2n) is 13.3. The summed E-state index contributed by atoms with van der Waals surface area (Å²) in [5.41, 5.74) is 14.9. The summed E-state index contributed by atoms with van der Waals surface area (Å²) >= 11 is 0. The molecule has 0 saturated carbocycles. The van der Waals surface area contributed by atoms with Gasteiger partial charge in [-0.15, -0.1) is 0 Å². The van der Waals surface area contributed by atoms with Gasteiger partial charge in [-0.2, -0.15) is 5.48 Å². The lowest BCUT2D eigenvalue weighted by molar-refractivity contribution is 0.192. The monoisotopic (exact) mass is 678 g/mol. The first-order valence-corrected chi connectivity index (χ1v) is 17.7. The van der Waals surface area contributed by atoms with Crippen molar-refractivity contribution in [2.75, 3.05) is 18.4 Å². The van der Waals surface area contributed by atoms with Gasteiger partial charge in [0, 0.05) is 51.9 Å². The normalized spacial score (nSPS) is 14.3. The lowest BCUT2D eigenvalue weighted by Crippen LogP contribution is -2.22. The predicted molar refractivity (Wildman–Crippen MR) is 209 cm³/mol. The Bertz CT molecular complexity index is 2600. The van der Waals surface area contributed by atoms with E-state index in [1.807, 2.05) is 60.7 Å². The number of allylic oxidation sites excluding steroid dienone is 1. The van der Waals surface area contributed by atoms with E-state index in [1.54, 1.807) is 0 Å². The molecule has 0 spiro atoms. The standard InChI is InChI=1S/C46H34N2O4/c1-28-10-8-25-48-52-41-19-7-13-31(44(28)41)29-20-22-35-36-23-21-30(32-14-6-18-40-45(32)37-15-9-24-47-46(37)51-40)27-43(36)50-39-17-5-3-12-34(39)33-11-2-4-16-38(33)49-42(35)26-29/h2-7,9,11-23,26-27,47-48H,1,8,10,24-25H2. The van der Waals surface area contributed by atoms with Gasteiger partial charge in [0.15, 0.2) is 5.75 Å². The number of furan rings is 1. The molecule has 252 valence electrons. The number of hydroxylamine groups is 1. The van der Waals surface area contributed by atoms with Gasteiger partial charge in [0.05, 0.1) is 0 Å². The van der Waals surface area contributed by atoms with Gasteiger partial charge < -0.3 is 24.0 Å². The minimum Gasteiger partial charge on any atom is -0.456 e. The predicted octanol–water partition coefficient (Wildman–Crippen LogP) is 12.1. The molecule has 0 amide bonds. The first kappa shape index (κ1) is 30.3. The molecule has 0 fully saturated rings. The van der Waals surface area contributed by atoms with Crippen molar-refractivity contribution in [3.8, 4) is 73.3 Å². The van der Waals surface area contributed by atoms with Crippen LogP contribution in [-0.4, -0.2) is 13.1 Å². The molecular weight excluding hydrogens is 645 g/mol. The molecule has 0 unspecified atom stereocenters. The van der Waals surface area contributed by atoms with E-state index in [-0.39, 0.29) is 0 Å². The highest BCUT2D eigenvalue weighted by molar-refractivity contribution is 6.04. The second-order valence-corrected chi connectivity index (χ2v) is 13.3. The van der Waals surface area contributed by atoms with Gasteiger partial charge >= 0.3 is 0 Å². The number of nitrogens with one attached hydrogen (secondary N) is 2. The summed E-state index contributed by atoms with van der Waals surface area (Å²) in [6.45, 7) is 5.98. The van der Waals surface area contributed by atoms with E-state index < -0.39 is 0 Å². The molecule has 2 N–H and O–H groups in total. The van der Waals surface area contributed by atoms with Crippen molar-refractivity contribution < 1.29 is 18.7 Å². The van der Waals surface area contributed by atoms with Crippen LogP contribution in [0.25, 0.3) is 67.1 Å². The maximum atomic E-state index is 6.99. The van der Waals surface area contributed by atoms with Crippen LogP contribution in [0.1, 0.15) is 24.0 Å². The topological polar surface area (TPSA) is 64.9 Å². The average Bonchev–Trinajstić information content (AvgIpc) is 3.56. The molecule has 0 aliphatic carbocycles. The zero-order valence-electron chi connectivity index (χ0n) is 28.4. The largest absolute Gasteiger partial charge is 0.456 e. The summed E-state index contributed by atoms with van der Waals surface area (Å²) in [6.07, 6.45) is 6.09. The number of anilines is 1. The SMILES string of the molecule is C=C1CCCNOc2cccc(-c3ccc4c(c3)Oc3ccccc3-c3ccccc3Oc3cc(-c5cccc6oc7c(c56)C=CCN7)ccc3-4)c21. The zero-order valence-corrected chi connectivity index (χ0v) is 28.4. The lowest BCUT2D eigenvalue weighted by atomic mass is 9.90. The van der Waals surface area contributed by atoms with Crippen molar-refractivity contribution >= 4 is 28.5 Å². The van der Waals surface area contributed by atoms with E-state index in [0.29, 0.717) is 0 Å². The molecule has 3 aliphatic rings. The quantitative estimate of drug-likeness (QED) is 0.190. The van der Waals surface area contributed by atoms with E-state index in [9.17, 15) is 0 Å². The van der Waals surface area contributed by atoms with E-state index >= 15 is 0 Å². The van der Waals surface area contributed by atoms with Gasteiger partial charge in [-0.05, 0) is 89.2 Å². The van der Waals surface area contributed by atoms with Crippen LogP contribution in [-0.2, 0) is 0 Å². The minimum absolute atomic E-state index is 0.720. The minimum atomic E-state index is 0.720. The number of rotatable bonds is 2. The Kier molecular flexibility index (Phi) is 7.22. The Morgan fingerprint density at radius 1 is 0.577 bits per heavy atom. The highest BCUT2D eigenvalue weighted by Gasteiger charge is 2.24. The van der Waals surface area contributed by atoms with Crippen LogP contribution < -0.4 is 25.1 Å². The van der Waals surface area contributed by atoms with Crippen molar-refractivity contribution in [3.63, 3.8) is 0 Å². The molecule has 6 aromatic carbocycles. The fraction of sp³-hybridized carbons (Fsp3) is 0.0870. The summed E-state index contributed by atoms with van der Waals surface area (Å²) in [7, 11) is 0. The number of ether oxygens (including phenoxy) is 2. The molecule has 3 aliphatic heterocycles. The molecule has 0 radical (unpaired) electrons. The molecule has 1 aromatic heterocycles. The summed E-state index contributed by atoms with van der Waals surface area (Å²) in [6, 6.07) is 41.5. The molecule has 52 heavy (non-hydrogen) atoms. The van der Waals surface area contributed by atoms with Crippen LogP contribution >= 0.6 is 0 Å². The van der Waals surface area contributed by atoms with Crippen molar-refractivity contribution in [1.29, 1.82) is 0 Å². The molecule has 4 heterocycles. The van der Waals surface area contributed by atoms with E-state index in [4.69, 9.17) is 18.7 Å². The maximum Gasteiger partial charge on any atom is 0.201 e. The van der Waals surface area contributed by atoms with Gasteiger partial charge in [0.25, 0.3) is 0 Å². The molecule has 7 aromatic rings. The van der Waals surface area contributed by atoms with Crippen molar-refractivity contribution in [1.82, 2.24) is 5.48 Å². The van der Waals surface area contributed by atoms with Gasteiger partial charge in [0.1, 0.15) is 28.6 Å². The van der Waals surface area contributed by atoms with Crippen LogP contribution in [0, 0.1) is 0 Å². The molecule has 0 atom stereocenters. The van der Waals surface area contributed by atoms with Crippen molar-refractivity contribution in [2.24, 2.45) is 0 Å². The van der Waals surface area contributed by atoms with Crippen LogP contribution in [0.4, 0.5) is 5.88 Å². The molecular formula is C46H34N2O4. The Balaban J connectivity index is 1.19. The Hall–Kier alpha value is -6.50. The third-order valence-corrected chi connectivity index (χ3v) is 10.1. The number of para-hydroxylation sites is 2. The van der Waals surface area contributed by atoms with E-state index in [0.717, 1.165) is 133 Å². The van der Waals surface area contributed by atoms with Crippen molar-refractivity contribution in [3.05, 3.63) is 145 Å². The smallest absolute Gasteiger partial charge is 0.201 e. The van der Waals surface area contributed by atoms with Crippen LogP contribution in [0.15, 0.2) is 138 Å². The Morgan fingerprint density at radius 3 is 1.94 bits per heavy atom. The first-order chi connectivity index (χ1) is 25.7. The molecule has 6 nitrogen and oxygen atoms in total. The number of benzene rings is 6. The Labute approximate surface area is 301 Å². The molecule has 0 bridgehead atoms. The maximum absolute atomic E-state index is 6.99. The van der Waals surface area contributed by atoms with Gasteiger partial charge in [-0.25, -0.2) is 0 Å². The highest BCUT2D eigenvalue weighted by atomic mass is 16.6.